The molecule has 9 heteroatoms. The molecule has 2 amide bonds. The number of benzene rings is 3. The smallest absolute Gasteiger partial charge is 0.407 e. The van der Waals surface area contributed by atoms with Gasteiger partial charge >= 0.3 is 12.1 Å². The summed E-state index contributed by atoms with van der Waals surface area (Å²) in [6, 6.07) is 18.1. The van der Waals surface area contributed by atoms with Gasteiger partial charge in [0.05, 0.1) is 5.69 Å². The van der Waals surface area contributed by atoms with Crippen LogP contribution in [0.4, 0.5) is 14.9 Å². The average molecular weight is 497 g/mol. The monoisotopic (exact) mass is 496 g/mol. The summed E-state index contributed by atoms with van der Waals surface area (Å²) in [6.45, 7) is 0.0267. The summed E-state index contributed by atoms with van der Waals surface area (Å²) in [5.41, 5.74) is 4.05. The lowest BCUT2D eigenvalue weighted by molar-refractivity contribution is -0.137. The van der Waals surface area contributed by atoms with Crippen molar-refractivity contribution in [2.45, 2.75) is 24.8 Å². The van der Waals surface area contributed by atoms with Crippen molar-refractivity contribution < 1.29 is 28.6 Å². The normalized spacial score (nSPS) is 12.9. The fourth-order valence-electron chi connectivity index (χ4n) is 4.13. The first-order valence-corrected chi connectivity index (χ1v) is 11.3. The molecule has 3 N–H and O–H groups in total. The van der Waals surface area contributed by atoms with E-state index >= 15 is 0 Å². The minimum absolute atomic E-state index is 0.0267. The van der Waals surface area contributed by atoms with Crippen molar-refractivity contribution in [3.63, 3.8) is 0 Å². The summed E-state index contributed by atoms with van der Waals surface area (Å²) in [5.74, 6) is -2.86. The number of anilines is 1. The molecule has 1 unspecified atom stereocenters. The van der Waals surface area contributed by atoms with E-state index in [-0.39, 0.29) is 36.1 Å². The summed E-state index contributed by atoms with van der Waals surface area (Å²) in [4.78, 5) is 36.4. The number of alkyl carbamates (subject to hydrolysis) is 1. The Morgan fingerprint density at radius 2 is 1.63 bits per heavy atom. The Hall–Kier alpha value is -3.91. The quantitative estimate of drug-likeness (QED) is 0.398. The Morgan fingerprint density at radius 1 is 1.00 bits per heavy atom. The highest BCUT2D eigenvalue weighted by atomic mass is 35.5. The van der Waals surface area contributed by atoms with Crippen LogP contribution in [0.2, 0.25) is 5.02 Å². The Kier molecular flexibility index (Phi) is 7.31. The average Bonchev–Trinajstić information content (AvgIpc) is 3.15. The van der Waals surface area contributed by atoms with E-state index in [1.54, 1.807) is 0 Å². The first-order chi connectivity index (χ1) is 16.8. The highest BCUT2D eigenvalue weighted by molar-refractivity contribution is 6.30. The van der Waals surface area contributed by atoms with Crippen LogP contribution in [0, 0.1) is 5.82 Å². The molecule has 0 radical (unpaired) electrons. The van der Waals surface area contributed by atoms with Crippen molar-refractivity contribution in [3.8, 4) is 11.1 Å². The van der Waals surface area contributed by atoms with Crippen LogP contribution < -0.4 is 10.6 Å². The van der Waals surface area contributed by atoms with Crippen molar-refractivity contribution in [1.29, 1.82) is 0 Å². The van der Waals surface area contributed by atoms with E-state index in [4.69, 9.17) is 21.4 Å². The summed E-state index contributed by atoms with van der Waals surface area (Å²) >= 11 is 5.73. The number of carbonyl (C=O) groups excluding carboxylic acids is 2. The van der Waals surface area contributed by atoms with Gasteiger partial charge in [0.2, 0.25) is 5.91 Å². The standard InChI is InChI=1S/C26H22ClFN2O5/c27-15-9-10-22(21(28)13-15)29-25(33)23(11-12-24(31)32)30-26(34)35-14-20-18-7-3-1-5-16(18)17-6-2-4-8-19(17)20/h1-10,13,20,23H,11-12,14H2,(H,29,33)(H,30,34)(H,31,32). The van der Waals surface area contributed by atoms with Gasteiger partial charge in [-0.1, -0.05) is 60.1 Å². The summed E-state index contributed by atoms with van der Waals surface area (Å²) in [7, 11) is 0. The number of ether oxygens (including phenoxy) is 1. The SMILES string of the molecule is O=C(O)CCC(NC(=O)OCC1c2ccccc2-c2ccccc21)C(=O)Nc1ccc(Cl)cc1F. The molecule has 0 saturated heterocycles. The number of nitrogens with one attached hydrogen (secondary N) is 2. The molecule has 1 atom stereocenters. The highest BCUT2D eigenvalue weighted by Crippen LogP contribution is 2.44. The first-order valence-electron chi connectivity index (χ1n) is 10.9. The van der Waals surface area contributed by atoms with Crippen LogP contribution in [-0.2, 0) is 14.3 Å². The van der Waals surface area contributed by atoms with E-state index in [1.165, 1.54) is 12.1 Å². The molecule has 0 spiro atoms. The number of amides is 2. The molecule has 1 aliphatic carbocycles. The molecule has 4 rings (SSSR count). The predicted octanol–water partition coefficient (Wildman–Crippen LogP) is 5.19. The highest BCUT2D eigenvalue weighted by Gasteiger charge is 2.30. The van der Waals surface area contributed by atoms with Gasteiger partial charge in [-0.05, 0) is 46.9 Å². The Morgan fingerprint density at radius 3 is 2.23 bits per heavy atom. The fraction of sp³-hybridized carbons (Fsp3) is 0.192. The van der Waals surface area contributed by atoms with Crippen molar-refractivity contribution in [3.05, 3.63) is 88.7 Å². The van der Waals surface area contributed by atoms with Crippen LogP contribution in [0.3, 0.4) is 0 Å². The van der Waals surface area contributed by atoms with Crippen LogP contribution in [0.15, 0.2) is 66.7 Å². The number of aliphatic carboxylic acids is 1. The Balaban J connectivity index is 1.43. The zero-order valence-corrected chi connectivity index (χ0v) is 19.2. The maximum atomic E-state index is 14.1. The minimum atomic E-state index is -1.25. The fourth-order valence-corrected chi connectivity index (χ4v) is 4.29. The van der Waals surface area contributed by atoms with E-state index < -0.39 is 29.8 Å². The maximum Gasteiger partial charge on any atom is 0.407 e. The predicted molar refractivity (Wildman–Crippen MR) is 129 cm³/mol. The Bertz CT molecular complexity index is 1240. The zero-order chi connectivity index (χ0) is 24.9. The topological polar surface area (TPSA) is 105 Å². The molecule has 35 heavy (non-hydrogen) atoms. The van der Waals surface area contributed by atoms with Gasteiger partial charge in [0.15, 0.2) is 0 Å². The van der Waals surface area contributed by atoms with Gasteiger partial charge in [-0.25, -0.2) is 9.18 Å². The first kappa shape index (κ1) is 24.2. The van der Waals surface area contributed by atoms with Crippen molar-refractivity contribution in [2.24, 2.45) is 0 Å². The second kappa shape index (κ2) is 10.6. The molecule has 0 aromatic heterocycles. The van der Waals surface area contributed by atoms with Crippen LogP contribution in [0.5, 0.6) is 0 Å². The van der Waals surface area contributed by atoms with Crippen molar-refractivity contribution in [2.75, 3.05) is 11.9 Å². The largest absolute Gasteiger partial charge is 0.481 e. The number of hydrogen-bond acceptors (Lipinski definition) is 4. The van der Waals surface area contributed by atoms with Gasteiger partial charge in [-0.15, -0.1) is 0 Å². The molecule has 1 aliphatic rings. The lowest BCUT2D eigenvalue weighted by atomic mass is 9.98. The molecule has 0 aliphatic heterocycles. The maximum absolute atomic E-state index is 14.1. The summed E-state index contributed by atoms with van der Waals surface area (Å²) in [5, 5.41) is 13.9. The zero-order valence-electron chi connectivity index (χ0n) is 18.5. The second-order valence-electron chi connectivity index (χ2n) is 8.07. The third-order valence-corrected chi connectivity index (χ3v) is 6.02. The number of carbonyl (C=O) groups is 3. The van der Waals surface area contributed by atoms with E-state index in [0.29, 0.717) is 0 Å². The van der Waals surface area contributed by atoms with Crippen LogP contribution in [-0.4, -0.2) is 35.7 Å². The van der Waals surface area contributed by atoms with Crippen molar-refractivity contribution in [1.82, 2.24) is 5.32 Å². The molecule has 0 fully saturated rings. The third kappa shape index (κ3) is 5.60. The van der Waals surface area contributed by atoms with Crippen LogP contribution >= 0.6 is 11.6 Å². The number of carboxylic acids is 1. The van der Waals surface area contributed by atoms with Gasteiger partial charge in [-0.3, -0.25) is 9.59 Å². The lowest BCUT2D eigenvalue weighted by Gasteiger charge is -2.19. The molecule has 7 nitrogen and oxygen atoms in total. The van der Waals surface area contributed by atoms with E-state index in [0.717, 1.165) is 28.3 Å². The van der Waals surface area contributed by atoms with E-state index in [1.807, 2.05) is 48.5 Å². The molecular formula is C26H22ClFN2O5. The minimum Gasteiger partial charge on any atom is -0.481 e. The van der Waals surface area contributed by atoms with Crippen LogP contribution in [0.1, 0.15) is 29.9 Å². The number of fused-ring (bicyclic) bond motifs is 3. The molecular weight excluding hydrogens is 475 g/mol. The molecule has 0 saturated carbocycles. The van der Waals surface area contributed by atoms with Gasteiger partial charge in [0, 0.05) is 17.4 Å². The number of rotatable bonds is 8. The van der Waals surface area contributed by atoms with Crippen molar-refractivity contribution >= 4 is 35.3 Å². The van der Waals surface area contributed by atoms with Gasteiger partial charge in [0.25, 0.3) is 0 Å². The Labute approximate surface area is 205 Å². The molecule has 3 aromatic rings. The third-order valence-electron chi connectivity index (χ3n) is 5.79. The van der Waals surface area contributed by atoms with E-state index in [9.17, 15) is 18.8 Å². The number of halogens is 2. The number of hydrogen-bond donors (Lipinski definition) is 3. The van der Waals surface area contributed by atoms with Gasteiger partial charge < -0.3 is 20.5 Å². The second-order valence-corrected chi connectivity index (χ2v) is 8.50. The van der Waals surface area contributed by atoms with Gasteiger partial charge in [0.1, 0.15) is 18.5 Å². The lowest BCUT2D eigenvalue weighted by Crippen LogP contribution is -2.44. The molecule has 0 heterocycles. The summed E-state index contributed by atoms with van der Waals surface area (Å²) < 4.78 is 19.5. The molecule has 3 aromatic carbocycles. The van der Waals surface area contributed by atoms with Gasteiger partial charge in [-0.2, -0.15) is 0 Å². The summed E-state index contributed by atoms with van der Waals surface area (Å²) in [6.07, 6.45) is -1.47. The molecule has 180 valence electrons. The van der Waals surface area contributed by atoms with Crippen LogP contribution in [0.25, 0.3) is 11.1 Å². The van der Waals surface area contributed by atoms with E-state index in [2.05, 4.69) is 10.6 Å². The molecule has 0 bridgehead atoms. The number of carboxylic acid groups (broad SMARTS) is 1.